The lowest BCUT2D eigenvalue weighted by Gasteiger charge is -2.15. The Morgan fingerprint density at radius 1 is 1.19 bits per heavy atom. The third kappa shape index (κ3) is 5.18. The molecular weight excluding hydrogens is 364 g/mol. The highest BCUT2D eigenvalue weighted by atomic mass is 32.2. The second-order valence-corrected chi connectivity index (χ2v) is 7.89. The molecule has 0 aliphatic rings. The minimum atomic E-state index is -3.67. The van der Waals surface area contributed by atoms with E-state index >= 15 is 0 Å². The molecule has 0 radical (unpaired) electrons. The molecule has 0 spiro atoms. The van der Waals surface area contributed by atoms with Crippen molar-refractivity contribution in [3.63, 3.8) is 0 Å². The predicted molar refractivity (Wildman–Crippen MR) is 106 cm³/mol. The third-order valence-electron chi connectivity index (χ3n) is 4.19. The summed E-state index contributed by atoms with van der Waals surface area (Å²) in [6, 6.07) is 12.4. The molecular formula is C20H24N2O4S. The van der Waals surface area contributed by atoms with Gasteiger partial charge >= 0.3 is 0 Å². The lowest BCUT2D eigenvalue weighted by molar-refractivity contribution is -0.117. The monoisotopic (exact) mass is 388 g/mol. The summed E-state index contributed by atoms with van der Waals surface area (Å²) < 4.78 is 31.6. The number of ether oxygens (including phenoxy) is 1. The minimum Gasteiger partial charge on any atom is -0.495 e. The Morgan fingerprint density at radius 3 is 2.52 bits per heavy atom. The molecule has 0 aliphatic heterocycles. The highest BCUT2D eigenvalue weighted by molar-refractivity contribution is 7.89. The van der Waals surface area contributed by atoms with E-state index in [2.05, 4.69) is 10.0 Å². The standard InChI is InChI=1S/C20H24N2O4S/c1-14-7-5-6-8-17(14)15(2)22-20(23)12-10-16-9-11-18(26-4)19(13-16)27(24,25)21-3/h5-13,15,21H,1-4H3,(H,22,23)/b12-10+. The normalized spacial score (nSPS) is 12.7. The van der Waals surface area contributed by atoms with E-state index in [0.717, 1.165) is 11.1 Å². The average molecular weight is 388 g/mol. The number of benzene rings is 2. The summed E-state index contributed by atoms with van der Waals surface area (Å²) in [4.78, 5) is 12.2. The fourth-order valence-corrected chi connectivity index (χ4v) is 3.63. The molecule has 0 heterocycles. The van der Waals surface area contributed by atoms with Gasteiger partial charge in [0.05, 0.1) is 13.2 Å². The summed E-state index contributed by atoms with van der Waals surface area (Å²) in [7, 11) is -0.937. The van der Waals surface area contributed by atoms with E-state index < -0.39 is 10.0 Å². The maximum Gasteiger partial charge on any atom is 0.244 e. The van der Waals surface area contributed by atoms with E-state index in [1.54, 1.807) is 18.2 Å². The van der Waals surface area contributed by atoms with E-state index in [1.165, 1.54) is 26.3 Å². The average Bonchev–Trinajstić information content (AvgIpc) is 2.66. The van der Waals surface area contributed by atoms with Crippen LogP contribution in [0.1, 0.15) is 29.7 Å². The number of nitrogens with one attached hydrogen (secondary N) is 2. The minimum absolute atomic E-state index is 0.0170. The van der Waals surface area contributed by atoms with Gasteiger partial charge in [-0.1, -0.05) is 30.3 Å². The molecule has 7 heteroatoms. The van der Waals surface area contributed by atoms with Crippen LogP contribution in [0.4, 0.5) is 0 Å². The molecule has 2 aromatic carbocycles. The van der Waals surface area contributed by atoms with Crippen LogP contribution in [0.15, 0.2) is 53.4 Å². The molecule has 0 aromatic heterocycles. The Morgan fingerprint density at radius 2 is 1.89 bits per heavy atom. The van der Waals surface area contributed by atoms with Gasteiger partial charge in [0.1, 0.15) is 10.6 Å². The first-order valence-corrected chi connectivity index (χ1v) is 9.92. The van der Waals surface area contributed by atoms with Crippen LogP contribution in [0.5, 0.6) is 5.75 Å². The molecule has 1 unspecified atom stereocenters. The van der Waals surface area contributed by atoms with Gasteiger partial charge in [-0.3, -0.25) is 4.79 Å². The number of rotatable bonds is 7. The topological polar surface area (TPSA) is 84.5 Å². The number of carbonyl (C=O) groups excluding carboxylic acids is 1. The number of hydrogen-bond acceptors (Lipinski definition) is 4. The van der Waals surface area contributed by atoms with Crippen LogP contribution in [0.2, 0.25) is 0 Å². The molecule has 2 aromatic rings. The van der Waals surface area contributed by atoms with Crippen LogP contribution in [-0.2, 0) is 14.8 Å². The maximum absolute atomic E-state index is 12.2. The van der Waals surface area contributed by atoms with E-state index in [1.807, 2.05) is 38.1 Å². The number of aryl methyl sites for hydroxylation is 1. The van der Waals surface area contributed by atoms with Crippen molar-refractivity contribution in [3.05, 3.63) is 65.2 Å². The van der Waals surface area contributed by atoms with Crippen molar-refractivity contribution in [2.24, 2.45) is 0 Å². The van der Waals surface area contributed by atoms with Gasteiger partial charge in [0.25, 0.3) is 0 Å². The lowest BCUT2D eigenvalue weighted by atomic mass is 10.0. The summed E-state index contributed by atoms with van der Waals surface area (Å²) in [6.45, 7) is 3.91. The highest BCUT2D eigenvalue weighted by Gasteiger charge is 2.17. The largest absolute Gasteiger partial charge is 0.495 e. The highest BCUT2D eigenvalue weighted by Crippen LogP contribution is 2.25. The molecule has 0 saturated carbocycles. The number of sulfonamides is 1. The quantitative estimate of drug-likeness (QED) is 0.715. The molecule has 0 bridgehead atoms. The maximum atomic E-state index is 12.2. The van der Waals surface area contributed by atoms with E-state index in [9.17, 15) is 13.2 Å². The first kappa shape index (κ1) is 20.7. The van der Waals surface area contributed by atoms with Gasteiger partial charge in [-0.2, -0.15) is 0 Å². The molecule has 0 fully saturated rings. The molecule has 1 amide bonds. The number of methoxy groups -OCH3 is 1. The molecule has 2 N–H and O–H groups in total. The zero-order valence-corrected chi connectivity index (χ0v) is 16.6. The van der Waals surface area contributed by atoms with Gasteiger partial charge in [-0.05, 0) is 55.8 Å². The van der Waals surface area contributed by atoms with Gasteiger partial charge in [0.15, 0.2) is 0 Å². The van der Waals surface area contributed by atoms with Gasteiger partial charge in [-0.15, -0.1) is 0 Å². The molecule has 27 heavy (non-hydrogen) atoms. The van der Waals surface area contributed by atoms with Gasteiger partial charge in [0, 0.05) is 6.08 Å². The molecule has 0 aliphatic carbocycles. The molecule has 6 nitrogen and oxygen atoms in total. The summed E-state index contributed by atoms with van der Waals surface area (Å²) in [5, 5.41) is 2.90. The Labute approximate surface area is 160 Å². The predicted octanol–water partition coefficient (Wildman–Crippen LogP) is 2.80. The Bertz CT molecular complexity index is 952. The van der Waals surface area contributed by atoms with Crippen molar-refractivity contribution >= 4 is 22.0 Å². The van der Waals surface area contributed by atoms with Crippen molar-refractivity contribution in [1.29, 1.82) is 0 Å². The van der Waals surface area contributed by atoms with E-state index in [-0.39, 0.29) is 22.6 Å². The zero-order valence-electron chi connectivity index (χ0n) is 15.8. The van der Waals surface area contributed by atoms with Crippen molar-refractivity contribution in [2.45, 2.75) is 24.8 Å². The number of amides is 1. The van der Waals surface area contributed by atoms with Crippen molar-refractivity contribution < 1.29 is 17.9 Å². The van der Waals surface area contributed by atoms with Gasteiger partial charge in [0.2, 0.25) is 15.9 Å². The summed E-state index contributed by atoms with van der Waals surface area (Å²) >= 11 is 0. The smallest absolute Gasteiger partial charge is 0.244 e. The van der Waals surface area contributed by atoms with Gasteiger partial charge in [-0.25, -0.2) is 13.1 Å². The Kier molecular flexibility index (Phi) is 6.76. The number of carbonyl (C=O) groups is 1. The second kappa shape index (κ2) is 8.83. The first-order valence-electron chi connectivity index (χ1n) is 8.44. The van der Waals surface area contributed by atoms with Crippen molar-refractivity contribution in [1.82, 2.24) is 10.0 Å². The third-order valence-corrected chi connectivity index (χ3v) is 5.62. The summed E-state index contributed by atoms with van der Waals surface area (Å²) in [5.41, 5.74) is 2.72. The molecule has 144 valence electrons. The van der Waals surface area contributed by atoms with Crippen LogP contribution < -0.4 is 14.8 Å². The van der Waals surface area contributed by atoms with Crippen molar-refractivity contribution in [2.75, 3.05) is 14.2 Å². The Hall–Kier alpha value is -2.64. The fourth-order valence-electron chi connectivity index (χ4n) is 2.70. The summed E-state index contributed by atoms with van der Waals surface area (Å²) in [6.07, 6.45) is 2.94. The SMILES string of the molecule is CNS(=O)(=O)c1cc(/C=C/C(=O)NC(C)c2ccccc2C)ccc1OC. The summed E-state index contributed by atoms with van der Waals surface area (Å²) in [5.74, 6) is -0.0290. The van der Waals surface area contributed by atoms with Gasteiger partial charge < -0.3 is 10.1 Å². The van der Waals surface area contributed by atoms with Crippen molar-refractivity contribution in [3.8, 4) is 5.75 Å². The molecule has 2 rings (SSSR count). The first-order chi connectivity index (χ1) is 12.8. The van der Waals surface area contributed by atoms with E-state index in [0.29, 0.717) is 5.56 Å². The second-order valence-electron chi connectivity index (χ2n) is 6.04. The van der Waals surface area contributed by atoms with Crippen LogP contribution in [0.3, 0.4) is 0 Å². The number of hydrogen-bond donors (Lipinski definition) is 2. The van der Waals surface area contributed by atoms with E-state index in [4.69, 9.17) is 4.74 Å². The fraction of sp³-hybridized carbons (Fsp3) is 0.250. The van der Waals surface area contributed by atoms with Crippen LogP contribution in [0, 0.1) is 6.92 Å². The Balaban J connectivity index is 2.17. The molecule has 0 saturated heterocycles. The van der Waals surface area contributed by atoms with Crippen LogP contribution in [-0.4, -0.2) is 28.5 Å². The molecule has 1 atom stereocenters. The van der Waals surface area contributed by atoms with Crippen LogP contribution in [0.25, 0.3) is 6.08 Å². The zero-order chi connectivity index (χ0) is 20.0. The van der Waals surface area contributed by atoms with Crippen LogP contribution >= 0.6 is 0 Å². The lowest BCUT2D eigenvalue weighted by Crippen LogP contribution is -2.25.